The smallest absolute Gasteiger partial charge is 0.228 e. The molecule has 0 aliphatic rings. The maximum absolute atomic E-state index is 11.8. The van der Waals surface area contributed by atoms with Gasteiger partial charge >= 0.3 is 5.92 Å². The van der Waals surface area contributed by atoms with Gasteiger partial charge in [0.2, 0.25) is 10.2 Å². The maximum Gasteiger partial charge on any atom is 0.328 e. The molecule has 0 fully saturated rings. The predicted octanol–water partition coefficient (Wildman–Crippen LogP) is 3.00. The SMILES string of the molecule is FC(Br)C(F)(F)C(F)Br. The van der Waals surface area contributed by atoms with Crippen LogP contribution in [-0.2, 0) is 0 Å². The Labute approximate surface area is 65.9 Å². The van der Waals surface area contributed by atoms with Crippen LogP contribution < -0.4 is 0 Å². The van der Waals surface area contributed by atoms with Crippen molar-refractivity contribution in [3.05, 3.63) is 0 Å². The summed E-state index contributed by atoms with van der Waals surface area (Å²) in [6, 6.07) is 0. The minimum atomic E-state index is -4.00. The van der Waals surface area contributed by atoms with Gasteiger partial charge in [-0.05, 0) is 31.9 Å². The first-order valence-electron chi connectivity index (χ1n) is 1.83. The Morgan fingerprint density at radius 2 is 1.22 bits per heavy atom. The highest BCUT2D eigenvalue weighted by Crippen LogP contribution is 2.34. The van der Waals surface area contributed by atoms with Crippen molar-refractivity contribution in [2.45, 2.75) is 16.1 Å². The van der Waals surface area contributed by atoms with Crippen LogP contribution >= 0.6 is 31.9 Å². The molecular formula is C3H2Br2F4. The van der Waals surface area contributed by atoms with E-state index in [9.17, 15) is 17.6 Å². The molecule has 2 unspecified atom stereocenters. The lowest BCUT2D eigenvalue weighted by Crippen LogP contribution is -2.32. The summed E-state index contributed by atoms with van der Waals surface area (Å²) >= 11 is 3.82. The van der Waals surface area contributed by atoms with Crippen LogP contribution in [0, 0.1) is 0 Å². The average molecular weight is 274 g/mol. The van der Waals surface area contributed by atoms with Gasteiger partial charge in [-0.3, -0.25) is 0 Å². The molecule has 0 nitrogen and oxygen atoms in total. The van der Waals surface area contributed by atoms with Crippen LogP contribution in [0.4, 0.5) is 17.6 Å². The van der Waals surface area contributed by atoms with E-state index in [2.05, 4.69) is 0 Å². The van der Waals surface area contributed by atoms with Crippen molar-refractivity contribution in [2.24, 2.45) is 0 Å². The van der Waals surface area contributed by atoms with Crippen LogP contribution in [-0.4, -0.2) is 16.1 Å². The van der Waals surface area contributed by atoms with Gasteiger partial charge in [-0.25, -0.2) is 8.78 Å². The van der Waals surface area contributed by atoms with Gasteiger partial charge in [0.1, 0.15) is 0 Å². The third-order valence-electron chi connectivity index (χ3n) is 0.582. The zero-order chi connectivity index (χ0) is 7.65. The summed E-state index contributed by atoms with van der Waals surface area (Å²) in [4.78, 5) is 0. The van der Waals surface area contributed by atoms with Crippen molar-refractivity contribution >= 4 is 31.9 Å². The lowest BCUT2D eigenvalue weighted by atomic mass is 10.4. The van der Waals surface area contributed by atoms with Crippen LogP contribution in [0.15, 0.2) is 0 Å². The maximum atomic E-state index is 11.8. The summed E-state index contributed by atoms with van der Waals surface area (Å²) in [5.41, 5.74) is 0. The largest absolute Gasteiger partial charge is 0.328 e. The van der Waals surface area contributed by atoms with E-state index in [-0.39, 0.29) is 0 Å². The molecule has 0 amide bonds. The Balaban J connectivity index is 4.01. The van der Waals surface area contributed by atoms with Crippen molar-refractivity contribution in [1.82, 2.24) is 0 Å². The first-order valence-corrected chi connectivity index (χ1v) is 3.66. The molecule has 0 aliphatic heterocycles. The minimum Gasteiger partial charge on any atom is -0.228 e. The predicted molar refractivity (Wildman–Crippen MR) is 32.6 cm³/mol. The van der Waals surface area contributed by atoms with Crippen LogP contribution in [0.3, 0.4) is 0 Å². The second-order valence-corrected chi connectivity index (χ2v) is 2.88. The van der Waals surface area contributed by atoms with E-state index < -0.39 is 16.1 Å². The molecule has 0 spiro atoms. The summed E-state index contributed by atoms with van der Waals surface area (Å²) in [6.07, 6.45) is 0. The van der Waals surface area contributed by atoms with Crippen molar-refractivity contribution in [3.63, 3.8) is 0 Å². The molecule has 0 rings (SSSR count). The van der Waals surface area contributed by atoms with Gasteiger partial charge in [-0.1, -0.05) is 0 Å². The molecule has 0 saturated carbocycles. The molecule has 0 aromatic carbocycles. The van der Waals surface area contributed by atoms with E-state index in [0.29, 0.717) is 0 Å². The lowest BCUT2D eigenvalue weighted by molar-refractivity contribution is -0.0641. The zero-order valence-corrected chi connectivity index (χ0v) is 7.09. The van der Waals surface area contributed by atoms with Gasteiger partial charge in [0.25, 0.3) is 0 Å². The standard InChI is InChI=1S/C3H2Br2F4/c4-1(6)3(8,9)2(5)7/h1-2H. The molecule has 0 aromatic heterocycles. The Bertz CT molecular complexity index is 81.8. The molecule has 0 aliphatic carbocycles. The van der Waals surface area contributed by atoms with E-state index >= 15 is 0 Å². The third kappa shape index (κ3) is 2.41. The number of halogens is 6. The fraction of sp³-hybridized carbons (Fsp3) is 1.00. The Hall–Kier alpha value is 0.680. The molecule has 0 heterocycles. The number of hydrogen-bond acceptors (Lipinski definition) is 0. The van der Waals surface area contributed by atoms with Crippen molar-refractivity contribution in [2.75, 3.05) is 0 Å². The molecular weight excluding hydrogens is 272 g/mol. The van der Waals surface area contributed by atoms with Crippen LogP contribution in [0.1, 0.15) is 0 Å². The van der Waals surface area contributed by atoms with Crippen LogP contribution in [0.5, 0.6) is 0 Å². The summed E-state index contributed by atoms with van der Waals surface area (Å²) < 4.78 is 46.9. The average Bonchev–Trinajstić information content (AvgIpc) is 1.65. The Morgan fingerprint density at radius 3 is 1.22 bits per heavy atom. The van der Waals surface area contributed by atoms with Crippen molar-refractivity contribution in [3.8, 4) is 0 Å². The summed E-state index contributed by atoms with van der Waals surface area (Å²) in [6.45, 7) is 0. The molecule has 2 atom stereocenters. The van der Waals surface area contributed by atoms with Gasteiger partial charge in [-0.15, -0.1) is 0 Å². The molecule has 0 aromatic rings. The monoisotopic (exact) mass is 272 g/mol. The molecule has 6 heteroatoms. The molecule has 0 radical (unpaired) electrons. The van der Waals surface area contributed by atoms with Gasteiger partial charge in [0.05, 0.1) is 0 Å². The molecule has 0 saturated heterocycles. The van der Waals surface area contributed by atoms with Gasteiger partial charge < -0.3 is 0 Å². The van der Waals surface area contributed by atoms with E-state index in [4.69, 9.17) is 0 Å². The normalized spacial score (nSPS) is 19.3. The lowest BCUT2D eigenvalue weighted by Gasteiger charge is -2.15. The quantitative estimate of drug-likeness (QED) is 0.536. The zero-order valence-electron chi connectivity index (χ0n) is 3.92. The van der Waals surface area contributed by atoms with E-state index in [0.717, 1.165) is 0 Å². The molecule has 56 valence electrons. The highest BCUT2D eigenvalue weighted by molar-refractivity contribution is 9.10. The Morgan fingerprint density at radius 1 is 1.00 bits per heavy atom. The summed E-state index contributed by atoms with van der Waals surface area (Å²) in [7, 11) is 0. The van der Waals surface area contributed by atoms with Crippen molar-refractivity contribution in [1.29, 1.82) is 0 Å². The van der Waals surface area contributed by atoms with Crippen LogP contribution in [0.25, 0.3) is 0 Å². The highest BCUT2D eigenvalue weighted by atomic mass is 79.9. The highest BCUT2D eigenvalue weighted by Gasteiger charge is 2.46. The first kappa shape index (κ1) is 9.68. The minimum absolute atomic E-state index is 1.91. The second-order valence-electron chi connectivity index (χ2n) is 1.28. The summed E-state index contributed by atoms with van der Waals surface area (Å²) in [5.74, 6) is -4.00. The topological polar surface area (TPSA) is 0 Å². The molecule has 0 N–H and O–H groups in total. The van der Waals surface area contributed by atoms with Crippen molar-refractivity contribution < 1.29 is 17.6 Å². The fourth-order valence-electron chi connectivity index (χ4n) is 0.0952. The molecule has 9 heavy (non-hydrogen) atoms. The van der Waals surface area contributed by atoms with E-state index in [1.807, 2.05) is 31.9 Å². The number of rotatable bonds is 2. The fourth-order valence-corrected chi connectivity index (χ4v) is 0.914. The number of hydrogen-bond donors (Lipinski definition) is 0. The van der Waals surface area contributed by atoms with E-state index in [1.165, 1.54) is 0 Å². The second kappa shape index (κ2) is 3.18. The first-order chi connectivity index (χ1) is 3.89. The van der Waals surface area contributed by atoms with E-state index in [1.54, 1.807) is 0 Å². The Kier molecular flexibility index (Phi) is 3.42. The molecule has 0 bridgehead atoms. The van der Waals surface area contributed by atoms with Gasteiger partial charge in [0.15, 0.2) is 0 Å². The van der Waals surface area contributed by atoms with Gasteiger partial charge in [-0.2, -0.15) is 8.78 Å². The number of alkyl halides is 6. The van der Waals surface area contributed by atoms with Crippen LogP contribution in [0.2, 0.25) is 0 Å². The van der Waals surface area contributed by atoms with Gasteiger partial charge in [0, 0.05) is 0 Å². The summed E-state index contributed by atoms with van der Waals surface area (Å²) in [5, 5.41) is -5.31. The third-order valence-corrected chi connectivity index (χ3v) is 1.80.